The van der Waals surface area contributed by atoms with Gasteiger partial charge in [0.25, 0.3) is 5.91 Å². The number of hydrogen-bond acceptors (Lipinski definition) is 3. The zero-order valence-electron chi connectivity index (χ0n) is 8.03. The van der Waals surface area contributed by atoms with E-state index < -0.39 is 0 Å². The number of benzene rings is 1. The van der Waals surface area contributed by atoms with Crippen molar-refractivity contribution in [2.45, 2.75) is 6.42 Å². The molecule has 1 amide bonds. The van der Waals surface area contributed by atoms with Gasteiger partial charge < -0.3 is 15.7 Å². The van der Waals surface area contributed by atoms with E-state index in [9.17, 15) is 9.90 Å². The first-order valence-corrected chi connectivity index (χ1v) is 5.04. The first-order valence-electron chi connectivity index (χ1n) is 4.67. The van der Waals surface area contributed by atoms with Gasteiger partial charge in [-0.2, -0.15) is 0 Å². The molecule has 5 heteroatoms. The monoisotopic (exact) mass is 226 g/mol. The fourth-order valence-electron chi connectivity index (χ4n) is 1.45. The number of nitrogens with zero attached hydrogens (tertiary/aromatic N) is 1. The Morgan fingerprint density at radius 1 is 1.47 bits per heavy atom. The summed E-state index contributed by atoms with van der Waals surface area (Å²) in [5.41, 5.74) is 6.07. The molecule has 0 aliphatic carbocycles. The van der Waals surface area contributed by atoms with E-state index in [2.05, 4.69) is 0 Å². The van der Waals surface area contributed by atoms with E-state index in [0.29, 0.717) is 5.56 Å². The van der Waals surface area contributed by atoms with Crippen molar-refractivity contribution in [3.05, 3.63) is 22.7 Å². The van der Waals surface area contributed by atoms with Crippen molar-refractivity contribution in [2.24, 2.45) is 0 Å². The lowest BCUT2D eigenvalue weighted by atomic mass is 10.1. The van der Waals surface area contributed by atoms with Crippen molar-refractivity contribution in [2.75, 3.05) is 18.8 Å². The Balaban J connectivity index is 2.32. The number of anilines is 1. The van der Waals surface area contributed by atoms with Crippen LogP contribution in [0.15, 0.2) is 12.1 Å². The molecule has 0 unspecified atom stereocenters. The van der Waals surface area contributed by atoms with Crippen LogP contribution in [0.5, 0.6) is 5.75 Å². The Kier molecular flexibility index (Phi) is 2.44. The van der Waals surface area contributed by atoms with Crippen molar-refractivity contribution < 1.29 is 9.90 Å². The molecule has 1 aromatic carbocycles. The summed E-state index contributed by atoms with van der Waals surface area (Å²) in [6, 6.07) is 2.88. The van der Waals surface area contributed by atoms with Gasteiger partial charge in [0.15, 0.2) is 5.75 Å². The number of aromatic hydroxyl groups is 1. The average molecular weight is 227 g/mol. The van der Waals surface area contributed by atoms with Crippen LogP contribution in [-0.2, 0) is 0 Å². The molecule has 4 nitrogen and oxygen atoms in total. The Morgan fingerprint density at radius 3 is 2.60 bits per heavy atom. The largest absolute Gasteiger partial charge is 0.504 e. The van der Waals surface area contributed by atoms with Crippen LogP contribution < -0.4 is 5.73 Å². The highest BCUT2D eigenvalue weighted by Crippen LogP contribution is 2.31. The summed E-state index contributed by atoms with van der Waals surface area (Å²) in [5.74, 6) is -0.258. The van der Waals surface area contributed by atoms with Crippen molar-refractivity contribution in [1.82, 2.24) is 4.90 Å². The topological polar surface area (TPSA) is 66.6 Å². The van der Waals surface area contributed by atoms with Crippen LogP contribution >= 0.6 is 11.6 Å². The number of halogens is 1. The van der Waals surface area contributed by atoms with Crippen molar-refractivity contribution in [3.63, 3.8) is 0 Å². The lowest BCUT2D eigenvalue weighted by Gasteiger charge is -2.31. The third kappa shape index (κ3) is 1.72. The smallest absolute Gasteiger partial charge is 0.253 e. The number of phenolic OH excluding ortho intramolecular Hbond substituents is 1. The summed E-state index contributed by atoms with van der Waals surface area (Å²) < 4.78 is 0. The number of nitrogens with two attached hydrogens (primary N) is 1. The van der Waals surface area contributed by atoms with E-state index in [1.165, 1.54) is 12.1 Å². The fraction of sp³-hybridized carbons (Fsp3) is 0.300. The highest BCUT2D eigenvalue weighted by Gasteiger charge is 2.22. The van der Waals surface area contributed by atoms with E-state index in [1.807, 2.05) is 0 Å². The maximum atomic E-state index is 11.8. The normalized spacial score (nSPS) is 14.9. The second-order valence-corrected chi connectivity index (χ2v) is 3.95. The van der Waals surface area contributed by atoms with Gasteiger partial charge in [0.05, 0.1) is 10.7 Å². The Labute approximate surface area is 92.2 Å². The molecule has 0 saturated carbocycles. The first-order chi connectivity index (χ1) is 7.09. The van der Waals surface area contributed by atoms with Gasteiger partial charge in [-0.1, -0.05) is 11.6 Å². The third-order valence-electron chi connectivity index (χ3n) is 2.48. The molecular weight excluding hydrogens is 216 g/mol. The first kappa shape index (κ1) is 10.1. The summed E-state index contributed by atoms with van der Waals surface area (Å²) in [6.45, 7) is 1.55. The van der Waals surface area contributed by atoms with Gasteiger partial charge in [-0.3, -0.25) is 4.79 Å². The maximum Gasteiger partial charge on any atom is 0.253 e. The third-order valence-corrected chi connectivity index (χ3v) is 2.77. The van der Waals surface area contributed by atoms with Gasteiger partial charge in [0.1, 0.15) is 0 Å². The molecule has 1 heterocycles. The van der Waals surface area contributed by atoms with E-state index in [1.54, 1.807) is 4.90 Å². The Morgan fingerprint density at radius 2 is 2.13 bits per heavy atom. The standard InChI is InChI=1S/C10H11ClN2O2/c11-7-4-6(5-8(12)9(7)14)10(15)13-2-1-3-13/h4-5,14H,1-3,12H2. The lowest BCUT2D eigenvalue weighted by Crippen LogP contribution is -2.42. The molecule has 1 saturated heterocycles. The van der Waals surface area contributed by atoms with Gasteiger partial charge in [-0.05, 0) is 18.6 Å². The second kappa shape index (κ2) is 3.62. The number of nitrogen functional groups attached to an aromatic ring is 1. The molecule has 0 bridgehead atoms. The SMILES string of the molecule is Nc1cc(C(=O)N2CCC2)cc(Cl)c1O. The minimum absolute atomic E-state index is 0.0881. The van der Waals surface area contributed by atoms with Gasteiger partial charge in [-0.25, -0.2) is 0 Å². The summed E-state index contributed by atoms with van der Waals surface area (Å²) in [6.07, 6.45) is 1.03. The molecule has 80 valence electrons. The van der Waals surface area contributed by atoms with Crippen molar-refractivity contribution >= 4 is 23.2 Å². The number of amides is 1. The van der Waals surface area contributed by atoms with Crippen molar-refractivity contribution in [1.29, 1.82) is 0 Å². The van der Waals surface area contributed by atoms with Gasteiger partial charge in [-0.15, -0.1) is 0 Å². The number of likely N-dealkylation sites (tertiary alicyclic amines) is 1. The van der Waals surface area contributed by atoms with Gasteiger partial charge in [0.2, 0.25) is 0 Å². The summed E-state index contributed by atoms with van der Waals surface area (Å²) >= 11 is 5.73. The molecule has 0 atom stereocenters. The summed E-state index contributed by atoms with van der Waals surface area (Å²) in [4.78, 5) is 13.5. The fourth-order valence-corrected chi connectivity index (χ4v) is 1.67. The molecular formula is C10H11ClN2O2. The molecule has 0 radical (unpaired) electrons. The molecule has 0 spiro atoms. The summed E-state index contributed by atoms with van der Waals surface area (Å²) in [5, 5.41) is 9.45. The molecule has 1 aliphatic heterocycles. The minimum atomic E-state index is -0.170. The lowest BCUT2D eigenvalue weighted by molar-refractivity contribution is 0.0652. The van der Waals surface area contributed by atoms with E-state index in [4.69, 9.17) is 17.3 Å². The van der Waals surface area contributed by atoms with Gasteiger partial charge in [0, 0.05) is 18.7 Å². The molecule has 3 N–H and O–H groups in total. The van der Waals surface area contributed by atoms with Crippen LogP contribution in [-0.4, -0.2) is 29.0 Å². The van der Waals surface area contributed by atoms with Crippen LogP contribution in [0.25, 0.3) is 0 Å². The van der Waals surface area contributed by atoms with E-state index in [0.717, 1.165) is 19.5 Å². The number of rotatable bonds is 1. The number of carbonyl (C=O) groups is 1. The number of phenols is 1. The molecule has 0 aromatic heterocycles. The quantitative estimate of drug-likeness (QED) is 0.563. The molecule has 2 rings (SSSR count). The predicted molar refractivity (Wildman–Crippen MR) is 58.0 cm³/mol. The van der Waals surface area contributed by atoms with Gasteiger partial charge >= 0.3 is 0 Å². The zero-order chi connectivity index (χ0) is 11.0. The predicted octanol–water partition coefficient (Wildman–Crippen LogP) is 1.47. The molecule has 1 aromatic rings. The maximum absolute atomic E-state index is 11.8. The summed E-state index contributed by atoms with van der Waals surface area (Å²) in [7, 11) is 0. The van der Waals surface area contributed by atoms with E-state index in [-0.39, 0.29) is 22.4 Å². The minimum Gasteiger partial charge on any atom is -0.504 e. The van der Waals surface area contributed by atoms with Crippen LogP contribution in [0.2, 0.25) is 5.02 Å². The second-order valence-electron chi connectivity index (χ2n) is 3.54. The van der Waals surface area contributed by atoms with Crippen LogP contribution in [0.3, 0.4) is 0 Å². The number of carbonyl (C=O) groups excluding carboxylic acids is 1. The average Bonchev–Trinajstić information content (AvgIpc) is 2.10. The van der Waals surface area contributed by atoms with Crippen LogP contribution in [0.1, 0.15) is 16.8 Å². The van der Waals surface area contributed by atoms with Crippen LogP contribution in [0, 0.1) is 0 Å². The zero-order valence-corrected chi connectivity index (χ0v) is 8.79. The highest BCUT2D eigenvalue weighted by molar-refractivity contribution is 6.32. The highest BCUT2D eigenvalue weighted by atomic mass is 35.5. The molecule has 1 fully saturated rings. The van der Waals surface area contributed by atoms with Crippen LogP contribution in [0.4, 0.5) is 5.69 Å². The molecule has 1 aliphatic rings. The number of hydrogen-bond donors (Lipinski definition) is 2. The van der Waals surface area contributed by atoms with Crippen molar-refractivity contribution in [3.8, 4) is 5.75 Å². The molecule has 15 heavy (non-hydrogen) atoms. The van der Waals surface area contributed by atoms with E-state index >= 15 is 0 Å². The Bertz CT molecular complexity index is 393. The Hall–Kier alpha value is -1.42.